The highest BCUT2D eigenvalue weighted by Gasteiger charge is 2.33. The van der Waals surface area contributed by atoms with Gasteiger partial charge < -0.3 is 5.11 Å². The lowest BCUT2D eigenvalue weighted by atomic mass is 9.87. The van der Waals surface area contributed by atoms with Gasteiger partial charge in [0, 0.05) is 6.42 Å². The van der Waals surface area contributed by atoms with Gasteiger partial charge in [0.2, 0.25) is 0 Å². The van der Waals surface area contributed by atoms with Gasteiger partial charge in [0.05, 0.1) is 0 Å². The molecule has 0 aromatic carbocycles. The number of hydrogen-bond acceptors (Lipinski definition) is 2. The zero-order valence-corrected chi connectivity index (χ0v) is 6.47. The number of aliphatic carboxylic acids is 1. The Morgan fingerprint density at radius 1 is 1.40 bits per heavy atom. The fourth-order valence-corrected chi connectivity index (χ4v) is 0.561. The summed E-state index contributed by atoms with van der Waals surface area (Å²) < 4.78 is 0. The van der Waals surface area contributed by atoms with Crippen LogP contribution in [0, 0.1) is 5.41 Å². The lowest BCUT2D eigenvalue weighted by Gasteiger charge is -2.15. The zero-order chi connectivity index (χ0) is 8.36. The van der Waals surface area contributed by atoms with Crippen molar-refractivity contribution in [3.8, 4) is 0 Å². The van der Waals surface area contributed by atoms with E-state index in [4.69, 9.17) is 5.11 Å². The van der Waals surface area contributed by atoms with Crippen LogP contribution in [0.25, 0.3) is 0 Å². The number of carbonyl (C=O) groups is 2. The smallest absolute Gasteiger partial charge is 0.316 e. The molecule has 0 amide bonds. The summed E-state index contributed by atoms with van der Waals surface area (Å²) in [5.74, 6) is -1.29. The third kappa shape index (κ3) is 1.56. The van der Waals surface area contributed by atoms with E-state index in [-0.39, 0.29) is 12.2 Å². The van der Waals surface area contributed by atoms with E-state index < -0.39 is 11.4 Å². The molecule has 0 atom stereocenters. The number of carboxylic acid groups (broad SMARTS) is 1. The Labute approximate surface area is 60.0 Å². The SMILES string of the molecule is CCC(=O)C(C)(C)C(=O)O. The molecule has 0 aromatic heterocycles. The first-order chi connectivity index (χ1) is 4.42. The minimum atomic E-state index is -1.21. The molecular weight excluding hydrogens is 132 g/mol. The molecule has 0 aliphatic rings. The largest absolute Gasteiger partial charge is 0.481 e. The number of ketones is 1. The molecule has 0 radical (unpaired) electrons. The normalized spacial score (nSPS) is 11.1. The van der Waals surface area contributed by atoms with Gasteiger partial charge in [-0.05, 0) is 13.8 Å². The van der Waals surface area contributed by atoms with E-state index in [0.717, 1.165) is 0 Å². The third-order valence-electron chi connectivity index (χ3n) is 1.55. The highest BCUT2D eigenvalue weighted by molar-refractivity contribution is 6.01. The van der Waals surface area contributed by atoms with Crippen molar-refractivity contribution in [1.82, 2.24) is 0 Å². The number of carbonyl (C=O) groups excluding carboxylic acids is 1. The average Bonchev–Trinajstić information content (AvgIpc) is 1.86. The number of carboxylic acids is 1. The predicted molar refractivity (Wildman–Crippen MR) is 36.7 cm³/mol. The summed E-state index contributed by atoms with van der Waals surface area (Å²) in [6.45, 7) is 4.50. The van der Waals surface area contributed by atoms with Gasteiger partial charge in [-0.15, -0.1) is 0 Å². The Hall–Kier alpha value is -0.860. The fourth-order valence-electron chi connectivity index (χ4n) is 0.561. The van der Waals surface area contributed by atoms with E-state index in [1.54, 1.807) is 6.92 Å². The van der Waals surface area contributed by atoms with Crippen LogP contribution < -0.4 is 0 Å². The van der Waals surface area contributed by atoms with Gasteiger partial charge in [0.1, 0.15) is 11.2 Å². The van der Waals surface area contributed by atoms with Crippen LogP contribution in [0.3, 0.4) is 0 Å². The zero-order valence-electron chi connectivity index (χ0n) is 6.47. The summed E-state index contributed by atoms with van der Waals surface area (Å²) in [6, 6.07) is 0. The second-order valence-electron chi connectivity index (χ2n) is 2.71. The number of rotatable bonds is 3. The molecular formula is C7H12O3. The molecule has 3 nitrogen and oxygen atoms in total. The molecule has 10 heavy (non-hydrogen) atoms. The lowest BCUT2D eigenvalue weighted by Crippen LogP contribution is -2.32. The molecule has 0 saturated carbocycles. The van der Waals surface area contributed by atoms with Crippen LogP contribution in [-0.2, 0) is 9.59 Å². The lowest BCUT2D eigenvalue weighted by molar-refractivity contribution is -0.152. The van der Waals surface area contributed by atoms with E-state index >= 15 is 0 Å². The molecule has 0 aliphatic heterocycles. The van der Waals surface area contributed by atoms with Crippen LogP contribution >= 0.6 is 0 Å². The molecule has 3 heteroatoms. The fraction of sp³-hybridized carbons (Fsp3) is 0.714. The molecule has 0 unspecified atom stereocenters. The first-order valence-electron chi connectivity index (χ1n) is 3.19. The third-order valence-corrected chi connectivity index (χ3v) is 1.55. The molecule has 58 valence electrons. The second kappa shape index (κ2) is 2.82. The Bertz CT molecular complexity index is 158. The molecule has 0 heterocycles. The van der Waals surface area contributed by atoms with E-state index in [0.29, 0.717) is 0 Å². The maximum absolute atomic E-state index is 10.9. The molecule has 0 aliphatic carbocycles. The minimum Gasteiger partial charge on any atom is -0.481 e. The molecule has 0 aromatic rings. The quantitative estimate of drug-likeness (QED) is 0.603. The van der Waals surface area contributed by atoms with Crippen molar-refractivity contribution in [1.29, 1.82) is 0 Å². The van der Waals surface area contributed by atoms with Crippen LogP contribution in [0.1, 0.15) is 27.2 Å². The first kappa shape index (κ1) is 9.14. The van der Waals surface area contributed by atoms with Gasteiger partial charge in [-0.25, -0.2) is 0 Å². The van der Waals surface area contributed by atoms with Crippen molar-refractivity contribution in [3.05, 3.63) is 0 Å². The monoisotopic (exact) mass is 144 g/mol. The van der Waals surface area contributed by atoms with Crippen LogP contribution in [0.4, 0.5) is 0 Å². The highest BCUT2D eigenvalue weighted by Crippen LogP contribution is 2.17. The van der Waals surface area contributed by atoms with E-state index in [9.17, 15) is 9.59 Å². The Kier molecular flexibility index (Phi) is 2.57. The van der Waals surface area contributed by atoms with Gasteiger partial charge >= 0.3 is 5.97 Å². The topological polar surface area (TPSA) is 54.4 Å². The molecule has 0 spiro atoms. The van der Waals surface area contributed by atoms with Crippen molar-refractivity contribution < 1.29 is 14.7 Å². The molecule has 0 bridgehead atoms. The van der Waals surface area contributed by atoms with Gasteiger partial charge in [0.25, 0.3) is 0 Å². The average molecular weight is 144 g/mol. The number of Topliss-reactive ketones (excluding diaryl/α,β-unsaturated/α-hetero) is 1. The van der Waals surface area contributed by atoms with Gasteiger partial charge in [-0.3, -0.25) is 9.59 Å². The first-order valence-corrected chi connectivity index (χ1v) is 3.19. The van der Waals surface area contributed by atoms with E-state index in [1.807, 2.05) is 0 Å². The van der Waals surface area contributed by atoms with E-state index in [1.165, 1.54) is 13.8 Å². The second-order valence-corrected chi connectivity index (χ2v) is 2.71. The van der Waals surface area contributed by atoms with Gasteiger partial charge in [-0.2, -0.15) is 0 Å². The maximum Gasteiger partial charge on any atom is 0.316 e. The summed E-state index contributed by atoms with van der Waals surface area (Å²) in [7, 11) is 0. The highest BCUT2D eigenvalue weighted by atomic mass is 16.4. The predicted octanol–water partition coefficient (Wildman–Crippen LogP) is 1.08. The molecule has 0 rings (SSSR count). The summed E-state index contributed by atoms with van der Waals surface area (Å²) in [5.41, 5.74) is -1.21. The molecule has 0 saturated heterocycles. The standard InChI is InChI=1S/C7H12O3/c1-4-5(8)7(2,3)6(9)10/h4H2,1-3H3,(H,9,10). The van der Waals surface area contributed by atoms with E-state index in [2.05, 4.69) is 0 Å². The Morgan fingerprint density at radius 3 is 1.90 bits per heavy atom. The van der Waals surface area contributed by atoms with Gasteiger partial charge in [-0.1, -0.05) is 6.92 Å². The van der Waals surface area contributed by atoms with Gasteiger partial charge in [0.15, 0.2) is 0 Å². The Balaban J connectivity index is 4.40. The molecule has 1 N–H and O–H groups in total. The summed E-state index contributed by atoms with van der Waals surface area (Å²) in [4.78, 5) is 21.3. The van der Waals surface area contributed by atoms with Crippen molar-refractivity contribution in [2.24, 2.45) is 5.41 Å². The minimum absolute atomic E-state index is 0.236. The number of hydrogen-bond donors (Lipinski definition) is 1. The van der Waals surface area contributed by atoms with Crippen molar-refractivity contribution in [3.63, 3.8) is 0 Å². The van der Waals surface area contributed by atoms with Crippen LogP contribution in [0.2, 0.25) is 0 Å². The summed E-state index contributed by atoms with van der Waals surface area (Å²) >= 11 is 0. The van der Waals surface area contributed by atoms with Crippen molar-refractivity contribution >= 4 is 11.8 Å². The maximum atomic E-state index is 10.9. The van der Waals surface area contributed by atoms with Crippen LogP contribution in [-0.4, -0.2) is 16.9 Å². The van der Waals surface area contributed by atoms with Crippen molar-refractivity contribution in [2.45, 2.75) is 27.2 Å². The Morgan fingerprint density at radius 2 is 1.80 bits per heavy atom. The summed E-state index contributed by atoms with van der Waals surface area (Å²) in [5, 5.41) is 8.52. The van der Waals surface area contributed by atoms with Crippen molar-refractivity contribution in [2.75, 3.05) is 0 Å². The summed E-state index contributed by atoms with van der Waals surface area (Å²) in [6.07, 6.45) is 0.277. The van der Waals surface area contributed by atoms with Crippen LogP contribution in [0.15, 0.2) is 0 Å². The van der Waals surface area contributed by atoms with Crippen LogP contribution in [0.5, 0.6) is 0 Å². The molecule has 0 fully saturated rings.